The lowest BCUT2D eigenvalue weighted by atomic mass is 10.1. The quantitative estimate of drug-likeness (QED) is 0.754. The molecule has 16 heavy (non-hydrogen) atoms. The summed E-state index contributed by atoms with van der Waals surface area (Å²) in [4.78, 5) is 0. The number of aliphatic hydroxyl groups is 1. The van der Waals surface area contributed by atoms with Crippen molar-refractivity contribution in [1.82, 2.24) is 0 Å². The molecule has 0 radical (unpaired) electrons. The monoisotopic (exact) mass is 224 g/mol. The lowest BCUT2D eigenvalue weighted by Gasteiger charge is -2.22. The van der Waals surface area contributed by atoms with Gasteiger partial charge in [0.05, 0.1) is 0 Å². The van der Waals surface area contributed by atoms with Gasteiger partial charge in [-0.25, -0.2) is 0 Å². The van der Waals surface area contributed by atoms with E-state index in [4.69, 9.17) is 9.47 Å². The number of benzene rings is 1. The predicted octanol–water partition coefficient (Wildman–Crippen LogP) is 2.43. The molecule has 90 valence electrons. The van der Waals surface area contributed by atoms with Gasteiger partial charge in [0.15, 0.2) is 6.29 Å². The van der Waals surface area contributed by atoms with Gasteiger partial charge >= 0.3 is 0 Å². The van der Waals surface area contributed by atoms with E-state index < -0.39 is 12.4 Å². The number of ether oxygens (including phenoxy) is 2. The average molecular weight is 224 g/mol. The number of aryl methyl sites for hydroxylation is 1. The van der Waals surface area contributed by atoms with E-state index in [0.29, 0.717) is 13.2 Å². The zero-order valence-electron chi connectivity index (χ0n) is 10.1. The summed E-state index contributed by atoms with van der Waals surface area (Å²) >= 11 is 0. The average Bonchev–Trinajstić information content (AvgIpc) is 2.29. The van der Waals surface area contributed by atoms with Crippen LogP contribution in [0.3, 0.4) is 0 Å². The Labute approximate surface area is 97.0 Å². The Morgan fingerprint density at radius 1 is 1.06 bits per heavy atom. The maximum Gasteiger partial charge on any atom is 0.187 e. The van der Waals surface area contributed by atoms with Crippen molar-refractivity contribution in [2.45, 2.75) is 33.2 Å². The lowest BCUT2D eigenvalue weighted by Crippen LogP contribution is -2.25. The van der Waals surface area contributed by atoms with Gasteiger partial charge in [-0.2, -0.15) is 0 Å². The third kappa shape index (κ3) is 3.59. The molecule has 0 heterocycles. The topological polar surface area (TPSA) is 38.7 Å². The lowest BCUT2D eigenvalue weighted by molar-refractivity contribution is -0.191. The molecule has 0 saturated heterocycles. The molecule has 1 aromatic rings. The maximum absolute atomic E-state index is 10.1. The third-order valence-corrected chi connectivity index (χ3v) is 2.34. The van der Waals surface area contributed by atoms with Crippen molar-refractivity contribution in [3.8, 4) is 0 Å². The zero-order valence-corrected chi connectivity index (χ0v) is 10.1. The molecule has 0 spiro atoms. The first kappa shape index (κ1) is 13.2. The standard InChI is InChI=1S/C13H20O3/c1-4-15-13(16-5-2)12(14)11-8-6-10(3)7-9-11/h6-9,12-14H,4-5H2,1-3H3/t12-/m1/s1. The summed E-state index contributed by atoms with van der Waals surface area (Å²) in [7, 11) is 0. The van der Waals surface area contributed by atoms with Gasteiger partial charge in [0.1, 0.15) is 6.10 Å². The van der Waals surface area contributed by atoms with E-state index in [9.17, 15) is 5.11 Å². The van der Waals surface area contributed by atoms with Gasteiger partial charge in [-0.05, 0) is 26.3 Å². The molecule has 0 amide bonds. The summed E-state index contributed by atoms with van der Waals surface area (Å²) < 4.78 is 10.7. The summed E-state index contributed by atoms with van der Waals surface area (Å²) in [6, 6.07) is 7.72. The Balaban J connectivity index is 2.72. The molecule has 0 saturated carbocycles. The van der Waals surface area contributed by atoms with Gasteiger partial charge in [-0.3, -0.25) is 0 Å². The number of hydrogen-bond acceptors (Lipinski definition) is 3. The first-order valence-electron chi connectivity index (χ1n) is 5.66. The summed E-state index contributed by atoms with van der Waals surface area (Å²) in [5.41, 5.74) is 1.98. The Morgan fingerprint density at radius 2 is 1.56 bits per heavy atom. The van der Waals surface area contributed by atoms with Crippen LogP contribution in [0.1, 0.15) is 31.1 Å². The van der Waals surface area contributed by atoms with E-state index >= 15 is 0 Å². The first-order chi connectivity index (χ1) is 7.69. The molecule has 3 heteroatoms. The van der Waals surface area contributed by atoms with Gasteiger partial charge in [-0.1, -0.05) is 29.8 Å². The molecule has 0 aliphatic carbocycles. The second-order valence-electron chi connectivity index (χ2n) is 3.63. The minimum absolute atomic E-state index is 0.521. The molecule has 1 atom stereocenters. The second-order valence-corrected chi connectivity index (χ2v) is 3.63. The van der Waals surface area contributed by atoms with Gasteiger partial charge in [0.2, 0.25) is 0 Å². The molecule has 0 aromatic heterocycles. The van der Waals surface area contributed by atoms with Crippen LogP contribution in [-0.4, -0.2) is 24.6 Å². The molecule has 0 unspecified atom stereocenters. The minimum atomic E-state index is -0.736. The van der Waals surface area contributed by atoms with Crippen molar-refractivity contribution in [3.63, 3.8) is 0 Å². The minimum Gasteiger partial charge on any atom is -0.383 e. The maximum atomic E-state index is 10.1. The highest BCUT2D eigenvalue weighted by atomic mass is 16.7. The van der Waals surface area contributed by atoms with Crippen molar-refractivity contribution in [2.24, 2.45) is 0 Å². The van der Waals surface area contributed by atoms with Crippen LogP contribution in [0.4, 0.5) is 0 Å². The largest absolute Gasteiger partial charge is 0.383 e. The van der Waals surface area contributed by atoms with E-state index in [2.05, 4.69) is 0 Å². The Hall–Kier alpha value is -0.900. The summed E-state index contributed by atoms with van der Waals surface area (Å²) in [6.07, 6.45) is -1.32. The molecule has 0 bridgehead atoms. The first-order valence-corrected chi connectivity index (χ1v) is 5.66. The third-order valence-electron chi connectivity index (χ3n) is 2.34. The van der Waals surface area contributed by atoms with Crippen LogP contribution in [0.15, 0.2) is 24.3 Å². The SMILES string of the molecule is CCOC(OCC)[C@H](O)c1ccc(C)cc1. The Kier molecular flexibility index (Phi) is 5.46. The van der Waals surface area contributed by atoms with Crippen LogP contribution in [0, 0.1) is 6.92 Å². The molecule has 0 aliphatic rings. The Morgan fingerprint density at radius 3 is 2.00 bits per heavy atom. The molecule has 1 aromatic carbocycles. The smallest absolute Gasteiger partial charge is 0.187 e. The van der Waals surface area contributed by atoms with Crippen LogP contribution in [0.2, 0.25) is 0 Å². The molecule has 1 N–H and O–H groups in total. The van der Waals surface area contributed by atoms with Gasteiger partial charge < -0.3 is 14.6 Å². The fourth-order valence-corrected chi connectivity index (χ4v) is 1.48. The second kappa shape index (κ2) is 6.63. The summed E-state index contributed by atoms with van der Waals surface area (Å²) in [5.74, 6) is 0. The van der Waals surface area contributed by atoms with Crippen molar-refractivity contribution >= 4 is 0 Å². The normalized spacial score (nSPS) is 13.1. The molecular formula is C13H20O3. The molecule has 1 rings (SSSR count). The van der Waals surface area contributed by atoms with E-state index in [0.717, 1.165) is 5.56 Å². The van der Waals surface area contributed by atoms with Crippen molar-refractivity contribution in [3.05, 3.63) is 35.4 Å². The van der Waals surface area contributed by atoms with Crippen molar-refractivity contribution in [2.75, 3.05) is 13.2 Å². The van der Waals surface area contributed by atoms with Crippen molar-refractivity contribution in [1.29, 1.82) is 0 Å². The van der Waals surface area contributed by atoms with Crippen LogP contribution in [0.5, 0.6) is 0 Å². The van der Waals surface area contributed by atoms with Gasteiger partial charge in [0, 0.05) is 13.2 Å². The number of hydrogen-bond donors (Lipinski definition) is 1. The predicted molar refractivity (Wildman–Crippen MR) is 63.2 cm³/mol. The van der Waals surface area contributed by atoms with Gasteiger partial charge in [0.25, 0.3) is 0 Å². The molecule has 0 fully saturated rings. The number of rotatable bonds is 6. The van der Waals surface area contributed by atoms with E-state index in [1.165, 1.54) is 5.56 Å². The van der Waals surface area contributed by atoms with Crippen molar-refractivity contribution < 1.29 is 14.6 Å². The van der Waals surface area contributed by atoms with Crippen LogP contribution in [0.25, 0.3) is 0 Å². The van der Waals surface area contributed by atoms with E-state index in [1.54, 1.807) is 0 Å². The summed E-state index contributed by atoms with van der Waals surface area (Å²) in [6.45, 7) is 6.82. The fraction of sp³-hybridized carbons (Fsp3) is 0.538. The summed E-state index contributed by atoms with van der Waals surface area (Å²) in [5, 5.41) is 10.1. The molecule has 3 nitrogen and oxygen atoms in total. The number of aliphatic hydroxyl groups excluding tert-OH is 1. The van der Waals surface area contributed by atoms with E-state index in [1.807, 2.05) is 45.0 Å². The zero-order chi connectivity index (χ0) is 12.0. The highest BCUT2D eigenvalue weighted by molar-refractivity contribution is 5.23. The van der Waals surface area contributed by atoms with Crippen LogP contribution < -0.4 is 0 Å². The molecule has 0 aliphatic heterocycles. The Bertz CT molecular complexity index is 289. The van der Waals surface area contributed by atoms with E-state index in [-0.39, 0.29) is 0 Å². The molecular weight excluding hydrogens is 204 g/mol. The highest BCUT2D eigenvalue weighted by Gasteiger charge is 2.21. The van der Waals surface area contributed by atoms with Crippen LogP contribution >= 0.6 is 0 Å². The van der Waals surface area contributed by atoms with Crippen LogP contribution in [-0.2, 0) is 9.47 Å². The highest BCUT2D eigenvalue weighted by Crippen LogP contribution is 2.20. The van der Waals surface area contributed by atoms with Gasteiger partial charge in [-0.15, -0.1) is 0 Å². The fourth-order valence-electron chi connectivity index (χ4n) is 1.48.